The molecule has 5 heteroatoms. The fraction of sp³-hybridized carbons (Fsp3) is 0. The summed E-state index contributed by atoms with van der Waals surface area (Å²) in [5.41, 5.74) is 2.38. The summed E-state index contributed by atoms with van der Waals surface area (Å²) in [6.45, 7) is 0. The fourth-order valence-electron chi connectivity index (χ4n) is 2.40. The Kier molecular flexibility index (Phi) is 5.12. The molecule has 1 aromatic heterocycles. The van der Waals surface area contributed by atoms with Gasteiger partial charge in [0.25, 0.3) is 5.91 Å². The lowest BCUT2D eigenvalue weighted by atomic mass is 10.2. The van der Waals surface area contributed by atoms with Crippen LogP contribution in [0.25, 0.3) is 11.8 Å². The molecular formula is C20H14BrN3O. The van der Waals surface area contributed by atoms with Gasteiger partial charge in [-0.2, -0.15) is 5.26 Å². The number of hydrogen-bond donors (Lipinski definition) is 1. The number of benzene rings is 2. The molecule has 3 rings (SSSR count). The molecule has 0 saturated heterocycles. The number of nitrogens with zero attached hydrogens (tertiary/aromatic N) is 2. The molecule has 0 unspecified atom stereocenters. The monoisotopic (exact) mass is 391 g/mol. The van der Waals surface area contributed by atoms with Crippen LogP contribution in [-0.4, -0.2) is 10.5 Å². The largest absolute Gasteiger partial charge is 0.321 e. The highest BCUT2D eigenvalue weighted by Crippen LogP contribution is 2.18. The first-order valence-corrected chi connectivity index (χ1v) is 8.38. The second-order valence-corrected chi connectivity index (χ2v) is 6.19. The molecule has 0 aliphatic carbocycles. The lowest BCUT2D eigenvalue weighted by Crippen LogP contribution is -2.13. The van der Waals surface area contributed by atoms with Crippen LogP contribution in [0.4, 0.5) is 5.69 Å². The van der Waals surface area contributed by atoms with E-state index in [1.165, 1.54) is 0 Å². The summed E-state index contributed by atoms with van der Waals surface area (Å²) in [5.74, 6) is -0.443. The molecular weight excluding hydrogens is 378 g/mol. The third-order valence-corrected chi connectivity index (χ3v) is 4.05. The number of nitriles is 1. The maximum atomic E-state index is 12.4. The molecule has 122 valence electrons. The first-order valence-electron chi connectivity index (χ1n) is 7.59. The van der Waals surface area contributed by atoms with Crippen molar-refractivity contribution in [3.63, 3.8) is 0 Å². The second-order valence-electron chi connectivity index (χ2n) is 5.27. The molecule has 0 spiro atoms. The zero-order chi connectivity index (χ0) is 17.6. The fourth-order valence-corrected chi connectivity index (χ4v) is 2.80. The quantitative estimate of drug-likeness (QED) is 0.513. The highest BCUT2D eigenvalue weighted by atomic mass is 79.9. The molecule has 25 heavy (non-hydrogen) atoms. The minimum Gasteiger partial charge on any atom is -0.321 e. The van der Waals surface area contributed by atoms with Crippen LogP contribution in [0.3, 0.4) is 0 Å². The summed E-state index contributed by atoms with van der Waals surface area (Å²) in [6.07, 6.45) is 3.47. The van der Waals surface area contributed by atoms with Crippen molar-refractivity contribution in [1.82, 2.24) is 4.57 Å². The summed E-state index contributed by atoms with van der Waals surface area (Å²) in [5, 5.41) is 12.1. The molecule has 2 aromatic carbocycles. The maximum Gasteiger partial charge on any atom is 0.266 e. The van der Waals surface area contributed by atoms with E-state index < -0.39 is 5.91 Å². The molecule has 1 N–H and O–H groups in total. The Labute approximate surface area is 154 Å². The Balaban J connectivity index is 1.88. The number of para-hydroxylation sites is 1. The Hall–Kier alpha value is -3.10. The van der Waals surface area contributed by atoms with Gasteiger partial charge in [-0.05, 0) is 48.5 Å². The number of aromatic nitrogens is 1. The van der Waals surface area contributed by atoms with Crippen molar-refractivity contribution < 1.29 is 4.79 Å². The SMILES string of the molecule is N#C/C(=C\c1cccn1-c1ccccc1)C(=O)Nc1cccc(Br)c1. The summed E-state index contributed by atoms with van der Waals surface area (Å²) in [6, 6.07) is 22.7. The summed E-state index contributed by atoms with van der Waals surface area (Å²) in [4.78, 5) is 12.4. The summed E-state index contributed by atoms with van der Waals surface area (Å²) in [7, 11) is 0. The van der Waals surface area contributed by atoms with E-state index in [0.717, 1.165) is 15.9 Å². The van der Waals surface area contributed by atoms with E-state index >= 15 is 0 Å². The number of anilines is 1. The topological polar surface area (TPSA) is 57.8 Å². The van der Waals surface area contributed by atoms with Gasteiger partial charge in [0.15, 0.2) is 0 Å². The van der Waals surface area contributed by atoms with Gasteiger partial charge in [-0.1, -0.05) is 40.2 Å². The van der Waals surface area contributed by atoms with E-state index in [4.69, 9.17) is 0 Å². The number of rotatable bonds is 4. The smallest absolute Gasteiger partial charge is 0.266 e. The van der Waals surface area contributed by atoms with Crippen LogP contribution in [0, 0.1) is 11.3 Å². The van der Waals surface area contributed by atoms with E-state index in [1.54, 1.807) is 18.2 Å². The van der Waals surface area contributed by atoms with Gasteiger partial charge in [-0.3, -0.25) is 4.79 Å². The molecule has 1 heterocycles. The number of halogens is 1. The van der Waals surface area contributed by atoms with Crippen molar-refractivity contribution in [2.45, 2.75) is 0 Å². The molecule has 0 saturated carbocycles. The normalized spacial score (nSPS) is 11.0. The molecule has 0 fully saturated rings. The van der Waals surface area contributed by atoms with Gasteiger partial charge in [-0.25, -0.2) is 0 Å². The van der Waals surface area contributed by atoms with Crippen LogP contribution in [0.2, 0.25) is 0 Å². The first-order chi connectivity index (χ1) is 12.2. The minimum atomic E-state index is -0.443. The molecule has 0 aliphatic heterocycles. The highest BCUT2D eigenvalue weighted by molar-refractivity contribution is 9.10. The third kappa shape index (κ3) is 4.06. The maximum absolute atomic E-state index is 12.4. The lowest BCUT2D eigenvalue weighted by Gasteiger charge is -2.07. The average molecular weight is 392 g/mol. The van der Waals surface area contributed by atoms with Crippen LogP contribution in [0.1, 0.15) is 5.69 Å². The van der Waals surface area contributed by atoms with E-state index in [9.17, 15) is 10.1 Å². The Morgan fingerprint density at radius 2 is 1.88 bits per heavy atom. The van der Waals surface area contributed by atoms with Crippen molar-refractivity contribution in [2.75, 3.05) is 5.32 Å². The van der Waals surface area contributed by atoms with Crippen molar-refractivity contribution in [2.24, 2.45) is 0 Å². The number of carbonyl (C=O) groups excluding carboxylic acids is 1. The second kappa shape index (κ2) is 7.65. The average Bonchev–Trinajstić information content (AvgIpc) is 3.08. The third-order valence-electron chi connectivity index (χ3n) is 3.55. The van der Waals surface area contributed by atoms with Crippen LogP contribution < -0.4 is 5.32 Å². The van der Waals surface area contributed by atoms with Gasteiger partial charge in [0.2, 0.25) is 0 Å². The molecule has 3 aromatic rings. The predicted octanol–water partition coefficient (Wildman–Crippen LogP) is 4.79. The Morgan fingerprint density at radius 1 is 1.08 bits per heavy atom. The summed E-state index contributed by atoms with van der Waals surface area (Å²) < 4.78 is 2.77. The Bertz CT molecular complexity index is 968. The Morgan fingerprint density at radius 3 is 2.60 bits per heavy atom. The molecule has 0 atom stereocenters. The van der Waals surface area contributed by atoms with E-state index in [2.05, 4.69) is 21.2 Å². The number of hydrogen-bond acceptors (Lipinski definition) is 2. The molecule has 0 radical (unpaired) electrons. The number of carbonyl (C=O) groups is 1. The van der Waals surface area contributed by atoms with Crippen molar-refractivity contribution in [3.05, 3.63) is 88.7 Å². The van der Waals surface area contributed by atoms with E-state index in [0.29, 0.717) is 5.69 Å². The number of amides is 1. The minimum absolute atomic E-state index is 0.0378. The van der Waals surface area contributed by atoms with Crippen LogP contribution in [0.5, 0.6) is 0 Å². The van der Waals surface area contributed by atoms with Gasteiger partial charge in [0.05, 0.1) is 0 Å². The van der Waals surface area contributed by atoms with Crippen LogP contribution >= 0.6 is 15.9 Å². The summed E-state index contributed by atoms with van der Waals surface area (Å²) >= 11 is 3.36. The molecule has 0 aliphatic rings. The van der Waals surface area contributed by atoms with Crippen LogP contribution in [-0.2, 0) is 4.79 Å². The van der Waals surface area contributed by atoms with Crippen LogP contribution in [0.15, 0.2) is 83.0 Å². The zero-order valence-electron chi connectivity index (χ0n) is 13.2. The number of nitrogens with one attached hydrogen (secondary N) is 1. The van der Waals surface area contributed by atoms with E-state index in [-0.39, 0.29) is 5.57 Å². The lowest BCUT2D eigenvalue weighted by molar-refractivity contribution is -0.112. The van der Waals surface area contributed by atoms with Crippen molar-refractivity contribution in [3.8, 4) is 11.8 Å². The molecule has 1 amide bonds. The van der Waals surface area contributed by atoms with Gasteiger partial charge >= 0.3 is 0 Å². The predicted molar refractivity (Wildman–Crippen MR) is 102 cm³/mol. The highest BCUT2D eigenvalue weighted by Gasteiger charge is 2.11. The van der Waals surface area contributed by atoms with Crippen molar-refractivity contribution in [1.29, 1.82) is 5.26 Å². The van der Waals surface area contributed by atoms with Crippen molar-refractivity contribution >= 4 is 33.6 Å². The van der Waals surface area contributed by atoms with E-state index in [1.807, 2.05) is 71.4 Å². The van der Waals surface area contributed by atoms with Gasteiger partial charge in [0, 0.05) is 27.7 Å². The van der Waals surface area contributed by atoms with Gasteiger partial charge in [0.1, 0.15) is 11.6 Å². The van der Waals surface area contributed by atoms with Gasteiger partial charge in [-0.15, -0.1) is 0 Å². The molecule has 4 nitrogen and oxygen atoms in total. The van der Waals surface area contributed by atoms with Gasteiger partial charge < -0.3 is 9.88 Å². The first kappa shape index (κ1) is 16.7. The standard InChI is InChI=1S/C20H14BrN3O/c21-16-6-4-7-17(13-16)23-20(25)15(14-22)12-19-10-5-11-24(19)18-8-2-1-3-9-18/h1-13H,(H,23,25)/b15-12+. The molecule has 0 bridgehead atoms. The zero-order valence-corrected chi connectivity index (χ0v) is 14.8.